The number of likely N-dealkylation sites (N-methyl/N-ethyl adjacent to an activating group) is 1. The predicted molar refractivity (Wildman–Crippen MR) is 75.1 cm³/mol. The van der Waals surface area contributed by atoms with Crippen molar-refractivity contribution in [2.24, 2.45) is 0 Å². The third kappa shape index (κ3) is 2.77. The van der Waals surface area contributed by atoms with E-state index in [-0.39, 0.29) is 0 Å². The van der Waals surface area contributed by atoms with E-state index in [4.69, 9.17) is 0 Å². The largest absolute Gasteiger partial charge is 0.304 e. The predicted octanol–water partition coefficient (Wildman–Crippen LogP) is 1.69. The van der Waals surface area contributed by atoms with E-state index in [0.717, 1.165) is 23.1 Å². The minimum Gasteiger partial charge on any atom is -0.304 e. The highest BCUT2D eigenvalue weighted by Gasteiger charge is 2.27. The van der Waals surface area contributed by atoms with Gasteiger partial charge in [-0.25, -0.2) is 8.42 Å². The van der Waals surface area contributed by atoms with Crippen molar-refractivity contribution in [3.05, 3.63) is 28.2 Å². The van der Waals surface area contributed by atoms with Crippen LogP contribution < -0.4 is 0 Å². The molecule has 1 saturated heterocycles. The molecule has 0 spiro atoms. The van der Waals surface area contributed by atoms with Gasteiger partial charge in [-0.1, -0.05) is 22.0 Å². The van der Waals surface area contributed by atoms with E-state index in [9.17, 15) is 8.42 Å². The van der Waals surface area contributed by atoms with Gasteiger partial charge in [0.15, 0.2) is 0 Å². The molecule has 1 fully saturated rings. The lowest BCUT2D eigenvalue weighted by Gasteiger charge is -2.31. The lowest BCUT2D eigenvalue weighted by Crippen LogP contribution is -2.47. The topological polar surface area (TPSA) is 40.6 Å². The Labute approximate surface area is 117 Å². The lowest BCUT2D eigenvalue weighted by molar-refractivity contribution is 0.222. The van der Waals surface area contributed by atoms with Crippen molar-refractivity contribution in [2.45, 2.75) is 11.8 Å². The highest BCUT2D eigenvalue weighted by molar-refractivity contribution is 9.10. The van der Waals surface area contributed by atoms with E-state index in [1.165, 1.54) is 0 Å². The van der Waals surface area contributed by atoms with Crippen LogP contribution in [0, 0.1) is 6.92 Å². The number of benzene rings is 1. The van der Waals surface area contributed by atoms with Crippen molar-refractivity contribution in [2.75, 3.05) is 33.2 Å². The van der Waals surface area contributed by atoms with Crippen molar-refractivity contribution in [1.29, 1.82) is 0 Å². The van der Waals surface area contributed by atoms with Crippen LogP contribution >= 0.6 is 15.9 Å². The first-order chi connectivity index (χ1) is 8.41. The Morgan fingerprint density at radius 3 is 2.33 bits per heavy atom. The zero-order valence-corrected chi connectivity index (χ0v) is 13.0. The maximum atomic E-state index is 12.4. The summed E-state index contributed by atoms with van der Waals surface area (Å²) >= 11 is 3.38. The number of hydrogen-bond donors (Lipinski definition) is 0. The molecule has 2 rings (SSSR count). The molecular weight excluding hydrogens is 316 g/mol. The Morgan fingerprint density at radius 1 is 1.17 bits per heavy atom. The number of halogens is 1. The number of aryl methyl sites for hydroxylation is 1. The van der Waals surface area contributed by atoms with Crippen LogP contribution in [0.1, 0.15) is 5.56 Å². The standard InChI is InChI=1S/C12H17BrN2O2S/c1-10-3-4-11(9-12(10)13)18(16,17)15-7-5-14(2)6-8-15/h3-4,9H,5-8H2,1-2H3. The zero-order chi connectivity index (χ0) is 13.3. The first-order valence-corrected chi connectivity index (χ1v) is 8.09. The van der Waals surface area contributed by atoms with Crippen LogP contribution in [0.4, 0.5) is 0 Å². The number of sulfonamides is 1. The summed E-state index contributed by atoms with van der Waals surface area (Å²) in [7, 11) is -1.34. The molecule has 1 aromatic carbocycles. The maximum absolute atomic E-state index is 12.4. The summed E-state index contributed by atoms with van der Waals surface area (Å²) in [6, 6.07) is 5.18. The molecule has 0 aliphatic carbocycles. The van der Waals surface area contributed by atoms with Gasteiger partial charge in [0.2, 0.25) is 10.0 Å². The van der Waals surface area contributed by atoms with Crippen molar-refractivity contribution >= 4 is 26.0 Å². The second kappa shape index (κ2) is 5.28. The molecule has 1 aromatic rings. The molecule has 6 heteroatoms. The van der Waals surface area contributed by atoms with Crippen LogP contribution in [0.2, 0.25) is 0 Å². The zero-order valence-electron chi connectivity index (χ0n) is 10.6. The molecule has 0 saturated carbocycles. The fourth-order valence-electron chi connectivity index (χ4n) is 1.91. The van der Waals surface area contributed by atoms with Crippen LogP contribution in [0.15, 0.2) is 27.6 Å². The Kier molecular flexibility index (Phi) is 4.11. The Bertz CT molecular complexity index is 537. The third-order valence-electron chi connectivity index (χ3n) is 3.24. The number of hydrogen-bond acceptors (Lipinski definition) is 3. The van der Waals surface area contributed by atoms with Crippen LogP contribution in [0.3, 0.4) is 0 Å². The van der Waals surface area contributed by atoms with Crippen molar-refractivity contribution < 1.29 is 8.42 Å². The first kappa shape index (κ1) is 14.0. The lowest BCUT2D eigenvalue weighted by atomic mass is 10.2. The van der Waals surface area contributed by atoms with Crippen molar-refractivity contribution in [3.8, 4) is 0 Å². The molecule has 1 aliphatic rings. The van der Waals surface area contributed by atoms with Crippen LogP contribution in [0.5, 0.6) is 0 Å². The van der Waals surface area contributed by atoms with Gasteiger partial charge in [0, 0.05) is 30.7 Å². The summed E-state index contributed by atoms with van der Waals surface area (Å²) in [5, 5.41) is 0. The van der Waals surface area contributed by atoms with Crippen molar-refractivity contribution in [3.63, 3.8) is 0 Å². The van der Waals surface area contributed by atoms with E-state index >= 15 is 0 Å². The monoisotopic (exact) mass is 332 g/mol. The highest BCUT2D eigenvalue weighted by atomic mass is 79.9. The minimum atomic E-state index is -3.35. The van der Waals surface area contributed by atoms with E-state index < -0.39 is 10.0 Å². The van der Waals surface area contributed by atoms with Gasteiger partial charge < -0.3 is 4.90 Å². The molecule has 0 radical (unpaired) electrons. The van der Waals surface area contributed by atoms with E-state index in [0.29, 0.717) is 18.0 Å². The average Bonchev–Trinajstić information content (AvgIpc) is 2.33. The molecule has 18 heavy (non-hydrogen) atoms. The summed E-state index contributed by atoms with van der Waals surface area (Å²) in [5.41, 5.74) is 1.03. The van der Waals surface area contributed by atoms with E-state index in [1.54, 1.807) is 16.4 Å². The molecule has 1 heterocycles. The first-order valence-electron chi connectivity index (χ1n) is 5.86. The fourth-order valence-corrected chi connectivity index (χ4v) is 3.89. The highest BCUT2D eigenvalue weighted by Crippen LogP contribution is 2.23. The minimum absolute atomic E-state index is 0.365. The molecule has 1 aliphatic heterocycles. The molecule has 0 N–H and O–H groups in total. The number of nitrogens with zero attached hydrogens (tertiary/aromatic N) is 2. The molecule has 0 bridgehead atoms. The normalized spacial score (nSPS) is 19.1. The van der Waals surface area contributed by atoms with Gasteiger partial charge in [-0.3, -0.25) is 0 Å². The summed E-state index contributed by atoms with van der Waals surface area (Å²) in [4.78, 5) is 2.50. The van der Waals surface area contributed by atoms with Crippen LogP contribution in [-0.4, -0.2) is 50.8 Å². The van der Waals surface area contributed by atoms with Gasteiger partial charge in [-0.2, -0.15) is 4.31 Å². The van der Waals surface area contributed by atoms with Gasteiger partial charge in [0.05, 0.1) is 4.90 Å². The SMILES string of the molecule is Cc1ccc(S(=O)(=O)N2CCN(C)CC2)cc1Br. The summed E-state index contributed by atoms with van der Waals surface area (Å²) in [6.45, 7) is 4.63. The third-order valence-corrected chi connectivity index (χ3v) is 5.99. The van der Waals surface area contributed by atoms with Gasteiger partial charge in [-0.15, -0.1) is 0 Å². The van der Waals surface area contributed by atoms with E-state index in [2.05, 4.69) is 20.8 Å². The summed E-state index contributed by atoms with van der Waals surface area (Å²) in [6.07, 6.45) is 0. The maximum Gasteiger partial charge on any atom is 0.243 e. The fraction of sp³-hybridized carbons (Fsp3) is 0.500. The second-order valence-electron chi connectivity index (χ2n) is 4.62. The Hall–Kier alpha value is -0.430. The quantitative estimate of drug-likeness (QED) is 0.827. The van der Waals surface area contributed by atoms with Gasteiger partial charge in [0.25, 0.3) is 0 Å². The van der Waals surface area contributed by atoms with Gasteiger partial charge in [0.1, 0.15) is 0 Å². The molecule has 4 nitrogen and oxygen atoms in total. The van der Waals surface area contributed by atoms with Crippen LogP contribution in [-0.2, 0) is 10.0 Å². The van der Waals surface area contributed by atoms with Gasteiger partial charge >= 0.3 is 0 Å². The molecule has 0 amide bonds. The molecular formula is C12H17BrN2O2S. The summed E-state index contributed by atoms with van der Waals surface area (Å²) in [5.74, 6) is 0. The molecule has 0 atom stereocenters. The Morgan fingerprint density at radius 2 is 1.78 bits per heavy atom. The molecule has 100 valence electrons. The Balaban J connectivity index is 2.27. The van der Waals surface area contributed by atoms with Crippen LogP contribution in [0.25, 0.3) is 0 Å². The average molecular weight is 333 g/mol. The van der Waals surface area contributed by atoms with E-state index in [1.807, 2.05) is 20.0 Å². The summed E-state index contributed by atoms with van der Waals surface area (Å²) < 4.78 is 27.3. The number of piperazine rings is 1. The van der Waals surface area contributed by atoms with Gasteiger partial charge in [-0.05, 0) is 31.7 Å². The second-order valence-corrected chi connectivity index (χ2v) is 7.41. The molecule has 0 aromatic heterocycles. The smallest absolute Gasteiger partial charge is 0.243 e. The number of rotatable bonds is 2. The molecule has 0 unspecified atom stereocenters. The van der Waals surface area contributed by atoms with Crippen molar-refractivity contribution in [1.82, 2.24) is 9.21 Å².